The van der Waals surface area contributed by atoms with Crippen molar-refractivity contribution in [1.82, 2.24) is 0 Å². The van der Waals surface area contributed by atoms with E-state index in [9.17, 15) is 4.79 Å². The minimum Gasteiger partial charge on any atom is -0.494 e. The summed E-state index contributed by atoms with van der Waals surface area (Å²) in [5, 5.41) is 0. The topological polar surface area (TPSA) is 80.0 Å². The van der Waals surface area contributed by atoms with E-state index >= 15 is 0 Å². The first-order chi connectivity index (χ1) is 12.0. The Morgan fingerprint density at radius 3 is 2.20 bits per heavy atom. The van der Waals surface area contributed by atoms with Gasteiger partial charge in [0.05, 0.1) is 26.9 Å². The number of methoxy groups -OCH3 is 1. The average molecular weight is 353 g/mol. The quantitative estimate of drug-likeness (QED) is 0.615. The van der Waals surface area contributed by atoms with Gasteiger partial charge in [0.15, 0.2) is 11.5 Å². The number of ether oxygens (including phenoxy) is 4. The van der Waals surface area contributed by atoms with E-state index in [1.54, 1.807) is 0 Å². The van der Waals surface area contributed by atoms with Gasteiger partial charge in [-0.3, -0.25) is 4.79 Å². The van der Waals surface area contributed by atoms with Crippen molar-refractivity contribution in [3.8, 4) is 17.2 Å². The van der Waals surface area contributed by atoms with Gasteiger partial charge in [-0.2, -0.15) is 0 Å². The molecule has 0 aliphatic rings. The van der Waals surface area contributed by atoms with Crippen molar-refractivity contribution in [2.45, 2.75) is 52.5 Å². The zero-order valence-corrected chi connectivity index (χ0v) is 16.0. The van der Waals surface area contributed by atoms with E-state index in [1.807, 2.05) is 32.9 Å². The Hall–Kier alpha value is -1.95. The van der Waals surface area contributed by atoms with Gasteiger partial charge >= 0.3 is 5.97 Å². The van der Waals surface area contributed by atoms with E-state index in [1.165, 1.54) is 7.11 Å². The Morgan fingerprint density at radius 1 is 1.04 bits per heavy atom. The lowest BCUT2D eigenvalue weighted by molar-refractivity contribution is -0.142. The van der Waals surface area contributed by atoms with Gasteiger partial charge in [0, 0.05) is 11.6 Å². The van der Waals surface area contributed by atoms with Crippen LogP contribution in [-0.2, 0) is 9.53 Å². The summed E-state index contributed by atoms with van der Waals surface area (Å²) in [5.41, 5.74) is 6.92. The second kappa shape index (κ2) is 10.8. The van der Waals surface area contributed by atoms with Gasteiger partial charge in [-0.25, -0.2) is 0 Å². The van der Waals surface area contributed by atoms with Gasteiger partial charge in [-0.05, 0) is 45.6 Å². The largest absolute Gasteiger partial charge is 0.494 e. The van der Waals surface area contributed by atoms with Crippen molar-refractivity contribution in [2.75, 3.05) is 26.9 Å². The molecule has 0 saturated heterocycles. The summed E-state index contributed by atoms with van der Waals surface area (Å²) in [5.74, 6) is 1.67. The summed E-state index contributed by atoms with van der Waals surface area (Å²) < 4.78 is 22.1. The van der Waals surface area contributed by atoms with Crippen LogP contribution in [0.25, 0.3) is 0 Å². The van der Waals surface area contributed by atoms with Crippen LogP contribution >= 0.6 is 0 Å². The Morgan fingerprint density at radius 2 is 1.68 bits per heavy atom. The molecule has 1 rings (SSSR count). The maximum Gasteiger partial charge on any atom is 0.322 e. The van der Waals surface area contributed by atoms with Crippen LogP contribution < -0.4 is 19.9 Å². The predicted molar refractivity (Wildman–Crippen MR) is 97.6 cm³/mol. The normalized spacial score (nSPS) is 13.0. The van der Waals surface area contributed by atoms with Crippen LogP contribution in [-0.4, -0.2) is 38.9 Å². The highest BCUT2D eigenvalue weighted by Gasteiger charge is 2.25. The van der Waals surface area contributed by atoms with E-state index < -0.39 is 12.0 Å². The van der Waals surface area contributed by atoms with Crippen LogP contribution in [0.15, 0.2) is 12.1 Å². The van der Waals surface area contributed by atoms with Gasteiger partial charge in [0.1, 0.15) is 11.8 Å². The van der Waals surface area contributed by atoms with Crippen LogP contribution in [0.4, 0.5) is 0 Å². The van der Waals surface area contributed by atoms with Crippen molar-refractivity contribution in [3.05, 3.63) is 17.7 Å². The summed E-state index contributed by atoms with van der Waals surface area (Å²) >= 11 is 0. The maximum atomic E-state index is 11.7. The van der Waals surface area contributed by atoms with Crippen molar-refractivity contribution in [2.24, 2.45) is 5.73 Å². The molecule has 6 nitrogen and oxygen atoms in total. The molecule has 1 aromatic carbocycles. The number of nitrogens with two attached hydrogens (primary N) is 1. The highest BCUT2D eigenvalue weighted by molar-refractivity contribution is 5.75. The summed E-state index contributed by atoms with van der Waals surface area (Å²) in [4.78, 5) is 11.7. The molecule has 1 aromatic rings. The van der Waals surface area contributed by atoms with E-state index in [-0.39, 0.29) is 5.92 Å². The molecule has 0 aromatic heterocycles. The third-order valence-corrected chi connectivity index (χ3v) is 3.93. The monoisotopic (exact) mass is 353 g/mol. The van der Waals surface area contributed by atoms with Crippen LogP contribution in [0.1, 0.15) is 52.0 Å². The van der Waals surface area contributed by atoms with Gasteiger partial charge in [-0.15, -0.1) is 0 Å². The van der Waals surface area contributed by atoms with Crippen LogP contribution in [0, 0.1) is 0 Å². The molecule has 0 saturated carbocycles. The first kappa shape index (κ1) is 21.1. The molecule has 2 N–H and O–H groups in total. The minimum absolute atomic E-state index is 0.0234. The molecule has 2 atom stereocenters. The molecule has 0 aliphatic carbocycles. The molecular formula is C19H31NO5. The molecule has 0 radical (unpaired) electrons. The van der Waals surface area contributed by atoms with E-state index in [0.29, 0.717) is 37.7 Å². The van der Waals surface area contributed by atoms with Gasteiger partial charge in [0.2, 0.25) is 0 Å². The molecule has 0 amide bonds. The van der Waals surface area contributed by atoms with Crippen molar-refractivity contribution in [3.63, 3.8) is 0 Å². The Kier molecular flexibility index (Phi) is 9.13. The lowest BCUT2D eigenvalue weighted by Gasteiger charge is -2.24. The number of hydrogen-bond acceptors (Lipinski definition) is 6. The molecule has 0 heterocycles. The second-order valence-electron chi connectivity index (χ2n) is 5.61. The number of esters is 1. The van der Waals surface area contributed by atoms with Crippen molar-refractivity contribution >= 4 is 5.97 Å². The van der Waals surface area contributed by atoms with Crippen LogP contribution in [0.5, 0.6) is 17.2 Å². The first-order valence-corrected chi connectivity index (χ1v) is 8.91. The third kappa shape index (κ3) is 5.81. The highest BCUT2D eigenvalue weighted by atomic mass is 16.5. The van der Waals surface area contributed by atoms with Crippen LogP contribution in [0.2, 0.25) is 0 Å². The fourth-order valence-corrected chi connectivity index (χ4v) is 2.78. The van der Waals surface area contributed by atoms with Crippen molar-refractivity contribution < 1.29 is 23.7 Å². The van der Waals surface area contributed by atoms with Gasteiger partial charge < -0.3 is 24.7 Å². The second-order valence-corrected chi connectivity index (χ2v) is 5.61. The van der Waals surface area contributed by atoms with E-state index in [4.69, 9.17) is 24.7 Å². The Labute approximate surface area is 150 Å². The molecule has 0 bridgehead atoms. The van der Waals surface area contributed by atoms with Gasteiger partial charge in [-0.1, -0.05) is 6.92 Å². The highest BCUT2D eigenvalue weighted by Crippen LogP contribution is 2.42. The summed E-state index contributed by atoms with van der Waals surface area (Å²) in [6.07, 6.45) is 1.26. The first-order valence-electron chi connectivity index (χ1n) is 8.91. The van der Waals surface area contributed by atoms with Gasteiger partial charge in [0.25, 0.3) is 0 Å². The molecule has 0 spiro atoms. The maximum absolute atomic E-state index is 11.7. The molecule has 6 heteroatoms. The number of carbonyl (C=O) groups is 1. The lowest BCUT2D eigenvalue weighted by Crippen LogP contribution is -2.33. The number of hydrogen-bond donors (Lipinski definition) is 1. The summed E-state index contributed by atoms with van der Waals surface area (Å²) in [7, 11) is 1.34. The Bertz CT molecular complexity index is 547. The van der Waals surface area contributed by atoms with E-state index in [0.717, 1.165) is 17.7 Å². The van der Waals surface area contributed by atoms with E-state index in [2.05, 4.69) is 6.92 Å². The number of carbonyl (C=O) groups excluding carboxylic acids is 1. The molecule has 25 heavy (non-hydrogen) atoms. The molecule has 2 unspecified atom stereocenters. The number of rotatable bonds is 11. The SMILES string of the molecule is CCOc1cc(OCC)c(OCC)c(C(CC)CC(N)C(=O)OC)c1. The Balaban J connectivity index is 3.31. The van der Waals surface area contributed by atoms with Crippen molar-refractivity contribution in [1.29, 1.82) is 0 Å². The zero-order valence-electron chi connectivity index (χ0n) is 16.0. The van der Waals surface area contributed by atoms with Crippen LogP contribution in [0.3, 0.4) is 0 Å². The summed E-state index contributed by atoms with van der Waals surface area (Å²) in [6, 6.07) is 3.11. The fourth-order valence-electron chi connectivity index (χ4n) is 2.78. The lowest BCUT2D eigenvalue weighted by atomic mass is 9.89. The molecule has 0 fully saturated rings. The smallest absolute Gasteiger partial charge is 0.322 e. The molecule has 0 aliphatic heterocycles. The fraction of sp³-hybridized carbons (Fsp3) is 0.632. The summed E-state index contributed by atoms with van der Waals surface area (Å²) in [6.45, 7) is 9.43. The standard InChI is InChI=1S/C19H31NO5/c1-6-13(10-16(20)19(21)22-5)15-11-14(23-7-2)12-17(24-8-3)18(15)25-9-4/h11-13,16H,6-10,20H2,1-5H3. The number of benzene rings is 1. The zero-order chi connectivity index (χ0) is 18.8. The molecule has 142 valence electrons. The third-order valence-electron chi connectivity index (χ3n) is 3.93. The predicted octanol–water partition coefficient (Wildman–Crippen LogP) is 3.27. The minimum atomic E-state index is -0.685. The molecular weight excluding hydrogens is 322 g/mol. The average Bonchev–Trinajstić information content (AvgIpc) is 2.61.